The number of piperazine rings is 1. The first-order chi connectivity index (χ1) is 18.3. The number of sulfonamides is 1. The van der Waals surface area contributed by atoms with Gasteiger partial charge in [-0.25, -0.2) is 13.2 Å². The lowest BCUT2D eigenvalue weighted by molar-refractivity contribution is 0.00761. The second kappa shape index (κ2) is 12.7. The van der Waals surface area contributed by atoms with Crippen molar-refractivity contribution < 1.29 is 27.4 Å². The summed E-state index contributed by atoms with van der Waals surface area (Å²) >= 11 is 6.02. The van der Waals surface area contributed by atoms with Gasteiger partial charge >= 0.3 is 5.97 Å². The van der Waals surface area contributed by atoms with Crippen molar-refractivity contribution in [3.05, 3.63) is 94.5 Å². The number of esters is 1. The molecule has 4 rings (SSSR count). The van der Waals surface area contributed by atoms with Gasteiger partial charge in [-0.1, -0.05) is 41.9 Å². The van der Waals surface area contributed by atoms with E-state index in [1.54, 1.807) is 37.4 Å². The predicted molar refractivity (Wildman–Crippen MR) is 145 cm³/mol. The molecule has 0 N–H and O–H groups in total. The van der Waals surface area contributed by atoms with Crippen LogP contribution in [0.25, 0.3) is 0 Å². The van der Waals surface area contributed by atoms with Gasteiger partial charge in [0.1, 0.15) is 5.75 Å². The van der Waals surface area contributed by atoms with E-state index in [-0.39, 0.29) is 17.0 Å². The summed E-state index contributed by atoms with van der Waals surface area (Å²) in [6.45, 7) is 2.79. The molecule has 38 heavy (non-hydrogen) atoms. The molecule has 1 heterocycles. The summed E-state index contributed by atoms with van der Waals surface area (Å²) in [5.41, 5.74) is 2.36. The number of carbonyl (C=O) groups excluding carboxylic acids is 1. The van der Waals surface area contributed by atoms with Crippen molar-refractivity contribution >= 4 is 27.6 Å². The van der Waals surface area contributed by atoms with Crippen molar-refractivity contribution in [1.82, 2.24) is 9.21 Å². The van der Waals surface area contributed by atoms with Crippen LogP contribution in [0.5, 0.6) is 5.75 Å². The topological polar surface area (TPSA) is 85.4 Å². The number of hydrogen-bond acceptors (Lipinski definition) is 7. The zero-order chi connectivity index (χ0) is 27.1. The van der Waals surface area contributed by atoms with Crippen molar-refractivity contribution in [2.75, 3.05) is 46.9 Å². The number of hydrogen-bond donors (Lipinski definition) is 0. The molecule has 10 heteroatoms. The highest BCUT2D eigenvalue weighted by Crippen LogP contribution is 2.26. The fourth-order valence-electron chi connectivity index (χ4n) is 4.31. The van der Waals surface area contributed by atoms with Crippen molar-refractivity contribution in [1.29, 1.82) is 0 Å². The third kappa shape index (κ3) is 6.92. The molecule has 3 aromatic carbocycles. The Labute approximate surface area is 228 Å². The number of benzene rings is 3. The summed E-state index contributed by atoms with van der Waals surface area (Å²) in [4.78, 5) is 14.1. The molecule has 202 valence electrons. The first-order valence-electron chi connectivity index (χ1n) is 12.2. The molecule has 1 fully saturated rings. The molecule has 0 radical (unpaired) electrons. The van der Waals surface area contributed by atoms with Crippen molar-refractivity contribution in [2.45, 2.75) is 17.6 Å². The van der Waals surface area contributed by atoms with E-state index < -0.39 is 10.0 Å². The van der Waals surface area contributed by atoms with Crippen LogP contribution in [0.4, 0.5) is 0 Å². The van der Waals surface area contributed by atoms with Crippen molar-refractivity contribution in [3.63, 3.8) is 0 Å². The second-order valence-electron chi connectivity index (χ2n) is 8.93. The molecular formula is C28H31ClN2O6S. The number of halogens is 1. The Balaban J connectivity index is 1.43. The highest BCUT2D eigenvalue weighted by molar-refractivity contribution is 7.89. The summed E-state index contributed by atoms with van der Waals surface area (Å²) in [7, 11) is -0.640. The fraction of sp³-hybridized carbons (Fsp3) is 0.321. The predicted octanol–water partition coefficient (Wildman–Crippen LogP) is 4.40. The van der Waals surface area contributed by atoms with Gasteiger partial charge in [0.15, 0.2) is 0 Å². The Kier molecular flexibility index (Phi) is 9.40. The third-order valence-electron chi connectivity index (χ3n) is 6.48. The molecule has 0 amide bonds. The molecule has 1 atom stereocenters. The largest absolute Gasteiger partial charge is 0.497 e. The molecule has 0 aliphatic carbocycles. The van der Waals surface area contributed by atoms with Gasteiger partial charge in [-0.15, -0.1) is 0 Å². The standard InChI is InChI=1S/C28H31ClN2O6S/c1-35-25-7-3-5-23(17-25)27(37-20-21-9-11-22(12-10-21)28(32)36-2)19-30-13-15-31(16-14-30)38(33,34)26-8-4-6-24(29)18-26/h3-12,17-18,27H,13-16,19-20H2,1-2H3. The van der Waals surface area contributed by atoms with Crippen LogP contribution < -0.4 is 4.74 Å². The van der Waals surface area contributed by atoms with E-state index in [2.05, 4.69) is 4.90 Å². The van der Waals surface area contributed by atoms with Crippen molar-refractivity contribution in [3.8, 4) is 5.75 Å². The molecule has 0 aromatic heterocycles. The van der Waals surface area contributed by atoms with Crippen LogP contribution in [0.3, 0.4) is 0 Å². The van der Waals surface area contributed by atoms with Crippen LogP contribution in [0, 0.1) is 0 Å². The Morgan fingerprint density at radius 3 is 2.32 bits per heavy atom. The average molecular weight is 559 g/mol. The SMILES string of the molecule is COC(=O)c1ccc(COC(CN2CCN(S(=O)(=O)c3cccc(Cl)c3)CC2)c2cccc(OC)c2)cc1. The smallest absolute Gasteiger partial charge is 0.337 e. The van der Waals surface area contributed by atoms with Crippen LogP contribution in [0.2, 0.25) is 5.02 Å². The van der Waals surface area contributed by atoms with Gasteiger partial charge in [-0.05, 0) is 53.6 Å². The molecule has 1 aliphatic heterocycles. The minimum Gasteiger partial charge on any atom is -0.497 e. The van der Waals surface area contributed by atoms with Gasteiger partial charge in [0.2, 0.25) is 10.0 Å². The summed E-state index contributed by atoms with van der Waals surface area (Å²) in [5, 5.41) is 0.392. The average Bonchev–Trinajstić information content (AvgIpc) is 2.95. The Morgan fingerprint density at radius 1 is 0.947 bits per heavy atom. The summed E-state index contributed by atoms with van der Waals surface area (Å²) < 4.78 is 44.2. The monoisotopic (exact) mass is 558 g/mol. The van der Waals surface area contributed by atoms with Gasteiger partial charge in [0.05, 0.1) is 37.4 Å². The lowest BCUT2D eigenvalue weighted by atomic mass is 10.1. The van der Waals surface area contributed by atoms with E-state index in [1.807, 2.05) is 36.4 Å². The zero-order valence-electron chi connectivity index (χ0n) is 21.4. The summed E-state index contributed by atoms with van der Waals surface area (Å²) in [5.74, 6) is 0.346. The Hall–Kier alpha value is -2.95. The second-order valence-corrected chi connectivity index (χ2v) is 11.3. The fourth-order valence-corrected chi connectivity index (χ4v) is 6.03. The number of rotatable bonds is 10. The lowest BCUT2D eigenvalue weighted by Crippen LogP contribution is -2.49. The van der Waals surface area contributed by atoms with Crippen LogP contribution in [0.15, 0.2) is 77.7 Å². The molecule has 1 saturated heterocycles. The molecule has 1 unspecified atom stereocenters. The van der Waals surface area contributed by atoms with Gasteiger partial charge in [-0.2, -0.15) is 4.31 Å². The number of methoxy groups -OCH3 is 2. The van der Waals surface area contributed by atoms with Crippen LogP contribution >= 0.6 is 11.6 Å². The minimum atomic E-state index is -3.61. The zero-order valence-corrected chi connectivity index (χ0v) is 23.0. The maximum atomic E-state index is 13.1. The van der Waals surface area contributed by atoms with Gasteiger partial charge in [-0.3, -0.25) is 4.90 Å². The molecule has 0 bridgehead atoms. The van der Waals surface area contributed by atoms with Gasteiger partial charge in [0, 0.05) is 37.7 Å². The summed E-state index contributed by atoms with van der Waals surface area (Å²) in [6, 6.07) is 21.2. The van der Waals surface area contributed by atoms with E-state index in [0.29, 0.717) is 49.9 Å². The lowest BCUT2D eigenvalue weighted by Gasteiger charge is -2.36. The summed E-state index contributed by atoms with van der Waals surface area (Å²) in [6.07, 6.45) is -0.276. The quantitative estimate of drug-likeness (QED) is 0.341. The van der Waals surface area contributed by atoms with Crippen molar-refractivity contribution in [2.24, 2.45) is 0 Å². The molecular weight excluding hydrogens is 528 g/mol. The first kappa shape index (κ1) is 28.1. The maximum Gasteiger partial charge on any atom is 0.337 e. The highest BCUT2D eigenvalue weighted by Gasteiger charge is 2.30. The van der Waals surface area contributed by atoms with Gasteiger partial charge < -0.3 is 14.2 Å². The van der Waals surface area contributed by atoms with Crippen LogP contribution in [-0.4, -0.2) is 70.5 Å². The van der Waals surface area contributed by atoms with Crippen LogP contribution in [-0.2, 0) is 26.1 Å². The normalized spacial score (nSPS) is 15.7. The maximum absolute atomic E-state index is 13.1. The Morgan fingerprint density at radius 2 is 1.66 bits per heavy atom. The van der Waals surface area contributed by atoms with E-state index in [9.17, 15) is 13.2 Å². The van der Waals surface area contributed by atoms with Crippen LogP contribution in [0.1, 0.15) is 27.6 Å². The van der Waals surface area contributed by atoms with E-state index in [0.717, 1.165) is 16.9 Å². The molecule has 0 spiro atoms. The van der Waals surface area contributed by atoms with Gasteiger partial charge in [0.25, 0.3) is 0 Å². The molecule has 0 saturated carbocycles. The minimum absolute atomic E-state index is 0.203. The van der Waals surface area contributed by atoms with E-state index in [1.165, 1.54) is 17.5 Å². The first-order valence-corrected chi connectivity index (χ1v) is 14.0. The number of ether oxygens (including phenoxy) is 3. The Bertz CT molecular complexity index is 1340. The number of carbonyl (C=O) groups is 1. The molecule has 8 nitrogen and oxygen atoms in total. The van der Waals surface area contributed by atoms with E-state index >= 15 is 0 Å². The molecule has 3 aromatic rings. The number of nitrogens with zero attached hydrogens (tertiary/aromatic N) is 2. The van der Waals surface area contributed by atoms with E-state index in [4.69, 9.17) is 25.8 Å². The third-order valence-corrected chi connectivity index (χ3v) is 8.61. The highest BCUT2D eigenvalue weighted by atomic mass is 35.5. The molecule has 1 aliphatic rings.